The summed E-state index contributed by atoms with van der Waals surface area (Å²) in [7, 11) is 0. The van der Waals surface area contributed by atoms with Gasteiger partial charge in [0.05, 0.1) is 0 Å². The molecule has 1 heterocycles. The van der Waals surface area contributed by atoms with Crippen LogP contribution >= 0.6 is 0 Å². The standard InChI is InChI=1S/C13H28N2/c1-12(2,3)5-8-15-9-6-13(4,11-14)7-10-15/h5-11,14H2,1-4H3. The summed E-state index contributed by atoms with van der Waals surface area (Å²) in [6.45, 7) is 13.9. The number of rotatable bonds is 3. The van der Waals surface area contributed by atoms with Crippen LogP contribution in [0.4, 0.5) is 0 Å². The molecule has 0 aromatic carbocycles. The number of nitrogens with two attached hydrogens (primary N) is 1. The minimum atomic E-state index is 0.415. The van der Waals surface area contributed by atoms with Crippen LogP contribution < -0.4 is 5.73 Å². The van der Waals surface area contributed by atoms with Gasteiger partial charge in [0.1, 0.15) is 0 Å². The summed E-state index contributed by atoms with van der Waals surface area (Å²) in [5.41, 5.74) is 6.69. The van der Waals surface area contributed by atoms with Crippen molar-refractivity contribution in [2.75, 3.05) is 26.2 Å². The Labute approximate surface area is 95.2 Å². The van der Waals surface area contributed by atoms with E-state index in [1.165, 1.54) is 38.9 Å². The van der Waals surface area contributed by atoms with Crippen LogP contribution in [0.15, 0.2) is 0 Å². The van der Waals surface area contributed by atoms with Gasteiger partial charge in [0.25, 0.3) is 0 Å². The molecule has 0 atom stereocenters. The van der Waals surface area contributed by atoms with Crippen molar-refractivity contribution in [3.63, 3.8) is 0 Å². The first kappa shape index (κ1) is 13.0. The molecule has 2 nitrogen and oxygen atoms in total. The predicted octanol–water partition coefficient (Wildman–Crippen LogP) is 2.48. The first-order valence-corrected chi connectivity index (χ1v) is 6.27. The van der Waals surface area contributed by atoms with Gasteiger partial charge in [-0.25, -0.2) is 0 Å². The second kappa shape index (κ2) is 4.84. The largest absolute Gasteiger partial charge is 0.330 e. The Balaban J connectivity index is 2.26. The van der Waals surface area contributed by atoms with Crippen molar-refractivity contribution in [1.29, 1.82) is 0 Å². The molecule has 0 radical (unpaired) electrons. The average Bonchev–Trinajstić information content (AvgIpc) is 2.16. The molecule has 15 heavy (non-hydrogen) atoms. The topological polar surface area (TPSA) is 29.3 Å². The summed E-state index contributed by atoms with van der Waals surface area (Å²) < 4.78 is 0. The summed E-state index contributed by atoms with van der Waals surface area (Å²) in [6, 6.07) is 0. The molecule has 0 aromatic rings. The van der Waals surface area contributed by atoms with Crippen LogP contribution in [0, 0.1) is 10.8 Å². The number of hydrogen-bond donors (Lipinski definition) is 1. The summed E-state index contributed by atoms with van der Waals surface area (Å²) in [5, 5.41) is 0. The average molecular weight is 212 g/mol. The maximum Gasteiger partial charge on any atom is -0.00131 e. The first-order chi connectivity index (χ1) is 6.85. The quantitative estimate of drug-likeness (QED) is 0.779. The van der Waals surface area contributed by atoms with E-state index in [1.807, 2.05) is 0 Å². The lowest BCUT2D eigenvalue weighted by molar-refractivity contribution is 0.113. The normalized spacial score (nSPS) is 23.0. The fourth-order valence-electron chi connectivity index (χ4n) is 2.01. The lowest BCUT2D eigenvalue weighted by atomic mass is 9.80. The monoisotopic (exact) mass is 212 g/mol. The second-order valence-electron chi connectivity index (χ2n) is 6.67. The van der Waals surface area contributed by atoms with Crippen LogP contribution in [0.25, 0.3) is 0 Å². The summed E-state index contributed by atoms with van der Waals surface area (Å²) in [4.78, 5) is 2.60. The molecule has 2 N–H and O–H groups in total. The van der Waals surface area contributed by atoms with E-state index in [1.54, 1.807) is 0 Å². The van der Waals surface area contributed by atoms with Gasteiger partial charge in [0.2, 0.25) is 0 Å². The Morgan fingerprint density at radius 1 is 1.20 bits per heavy atom. The molecule has 1 aliphatic heterocycles. The molecule has 90 valence electrons. The summed E-state index contributed by atoms with van der Waals surface area (Å²) in [5.74, 6) is 0. The van der Waals surface area contributed by atoms with Gasteiger partial charge < -0.3 is 10.6 Å². The Hall–Kier alpha value is -0.0800. The highest BCUT2D eigenvalue weighted by Crippen LogP contribution is 2.30. The van der Waals surface area contributed by atoms with E-state index in [-0.39, 0.29) is 0 Å². The van der Waals surface area contributed by atoms with Gasteiger partial charge in [0, 0.05) is 0 Å². The van der Waals surface area contributed by atoms with E-state index >= 15 is 0 Å². The van der Waals surface area contributed by atoms with Gasteiger partial charge in [-0.1, -0.05) is 27.7 Å². The molecule has 0 aromatic heterocycles. The van der Waals surface area contributed by atoms with E-state index in [4.69, 9.17) is 5.73 Å². The van der Waals surface area contributed by atoms with Crippen LogP contribution in [0.1, 0.15) is 47.0 Å². The fourth-order valence-corrected chi connectivity index (χ4v) is 2.01. The fraction of sp³-hybridized carbons (Fsp3) is 1.00. The van der Waals surface area contributed by atoms with Crippen molar-refractivity contribution >= 4 is 0 Å². The van der Waals surface area contributed by atoms with E-state index in [2.05, 4.69) is 32.6 Å². The van der Waals surface area contributed by atoms with Crippen molar-refractivity contribution < 1.29 is 0 Å². The molecule has 2 heteroatoms. The Morgan fingerprint density at radius 2 is 1.73 bits per heavy atom. The Kier molecular flexibility index (Phi) is 4.19. The highest BCUT2D eigenvalue weighted by atomic mass is 15.1. The van der Waals surface area contributed by atoms with E-state index in [0.29, 0.717) is 10.8 Å². The maximum absolute atomic E-state index is 5.81. The molecule has 0 saturated carbocycles. The minimum absolute atomic E-state index is 0.415. The number of piperidine rings is 1. The highest BCUT2D eigenvalue weighted by molar-refractivity contribution is 4.83. The molecule has 0 unspecified atom stereocenters. The van der Waals surface area contributed by atoms with Crippen molar-refractivity contribution in [3.05, 3.63) is 0 Å². The van der Waals surface area contributed by atoms with Crippen molar-refractivity contribution in [3.8, 4) is 0 Å². The number of nitrogens with zero attached hydrogens (tertiary/aromatic N) is 1. The predicted molar refractivity (Wildman–Crippen MR) is 66.9 cm³/mol. The SMILES string of the molecule is CC(C)(C)CCN1CCC(C)(CN)CC1. The molecule has 1 fully saturated rings. The number of hydrogen-bond acceptors (Lipinski definition) is 2. The van der Waals surface area contributed by atoms with Gasteiger partial charge in [-0.15, -0.1) is 0 Å². The molecular weight excluding hydrogens is 184 g/mol. The van der Waals surface area contributed by atoms with Gasteiger partial charge in [-0.05, 0) is 56.3 Å². The van der Waals surface area contributed by atoms with Crippen molar-refractivity contribution in [2.24, 2.45) is 16.6 Å². The van der Waals surface area contributed by atoms with Crippen LogP contribution in [0.5, 0.6) is 0 Å². The van der Waals surface area contributed by atoms with E-state index in [0.717, 1.165) is 6.54 Å². The van der Waals surface area contributed by atoms with Crippen LogP contribution in [0.3, 0.4) is 0 Å². The third kappa shape index (κ3) is 4.52. The van der Waals surface area contributed by atoms with Crippen molar-refractivity contribution in [2.45, 2.75) is 47.0 Å². The van der Waals surface area contributed by atoms with E-state index in [9.17, 15) is 0 Å². The van der Waals surface area contributed by atoms with Gasteiger partial charge in [-0.2, -0.15) is 0 Å². The zero-order valence-corrected chi connectivity index (χ0v) is 11.0. The van der Waals surface area contributed by atoms with Gasteiger partial charge in [0.15, 0.2) is 0 Å². The molecule has 0 amide bonds. The minimum Gasteiger partial charge on any atom is -0.330 e. The third-order valence-electron chi connectivity index (χ3n) is 3.73. The Bertz CT molecular complexity index is 185. The molecule has 1 rings (SSSR count). The lowest BCUT2D eigenvalue weighted by Crippen LogP contribution is -2.43. The summed E-state index contributed by atoms with van der Waals surface area (Å²) >= 11 is 0. The van der Waals surface area contributed by atoms with Crippen LogP contribution in [-0.4, -0.2) is 31.1 Å². The number of likely N-dealkylation sites (tertiary alicyclic amines) is 1. The Morgan fingerprint density at radius 3 is 2.13 bits per heavy atom. The smallest absolute Gasteiger partial charge is 0.00131 e. The van der Waals surface area contributed by atoms with Gasteiger partial charge >= 0.3 is 0 Å². The molecule has 0 spiro atoms. The maximum atomic E-state index is 5.81. The molecule has 1 saturated heterocycles. The highest BCUT2D eigenvalue weighted by Gasteiger charge is 2.28. The zero-order valence-electron chi connectivity index (χ0n) is 11.0. The lowest BCUT2D eigenvalue weighted by Gasteiger charge is -2.39. The van der Waals surface area contributed by atoms with Gasteiger partial charge in [-0.3, -0.25) is 0 Å². The molecule has 1 aliphatic rings. The second-order valence-corrected chi connectivity index (χ2v) is 6.67. The molecule has 0 aliphatic carbocycles. The van der Waals surface area contributed by atoms with Crippen LogP contribution in [0.2, 0.25) is 0 Å². The van der Waals surface area contributed by atoms with Crippen LogP contribution in [-0.2, 0) is 0 Å². The third-order valence-corrected chi connectivity index (χ3v) is 3.73. The first-order valence-electron chi connectivity index (χ1n) is 6.27. The van der Waals surface area contributed by atoms with E-state index < -0.39 is 0 Å². The zero-order chi connectivity index (χ0) is 11.5. The molecular formula is C13H28N2. The molecule has 0 bridgehead atoms. The summed E-state index contributed by atoms with van der Waals surface area (Å²) in [6.07, 6.45) is 3.84. The van der Waals surface area contributed by atoms with Crippen molar-refractivity contribution in [1.82, 2.24) is 4.90 Å².